The largest absolute Gasteiger partial charge is 0.396 e. The third-order valence-electron chi connectivity index (χ3n) is 5.11. The van der Waals surface area contributed by atoms with Crippen LogP contribution in [0.5, 0.6) is 0 Å². The lowest BCUT2D eigenvalue weighted by atomic mass is 10.1. The van der Waals surface area contributed by atoms with Gasteiger partial charge in [-0.1, -0.05) is 18.2 Å². The lowest BCUT2D eigenvalue weighted by molar-refractivity contribution is -0.166. The molecule has 124 valence electrons. The van der Waals surface area contributed by atoms with E-state index in [1.165, 1.54) is 4.90 Å². The van der Waals surface area contributed by atoms with Crippen molar-refractivity contribution >= 4 is 5.91 Å². The van der Waals surface area contributed by atoms with Crippen molar-refractivity contribution in [3.63, 3.8) is 0 Å². The van der Waals surface area contributed by atoms with Gasteiger partial charge in [0.2, 0.25) is 0 Å². The summed E-state index contributed by atoms with van der Waals surface area (Å²) in [6.07, 6.45) is -1.02. The molecule has 6 nitrogen and oxygen atoms in total. The monoisotopic (exact) mass is 319 g/mol. The molecule has 23 heavy (non-hydrogen) atoms. The number of aliphatic hydroxyl groups excluding tert-OH is 2. The van der Waals surface area contributed by atoms with Crippen LogP contribution in [0.25, 0.3) is 0 Å². The number of carbonyl (C=O) groups is 1. The van der Waals surface area contributed by atoms with Crippen molar-refractivity contribution in [3.05, 3.63) is 35.4 Å². The fourth-order valence-electron chi connectivity index (χ4n) is 4.16. The molecule has 2 fully saturated rings. The second-order valence-corrected chi connectivity index (χ2v) is 6.98. The second kappa shape index (κ2) is 5.01. The quantitative estimate of drug-likeness (QED) is 0.851. The summed E-state index contributed by atoms with van der Waals surface area (Å²) in [7, 11) is 0. The molecule has 2 aliphatic heterocycles. The molecule has 5 atom stereocenters. The van der Waals surface area contributed by atoms with Gasteiger partial charge in [-0.05, 0) is 26.3 Å². The van der Waals surface area contributed by atoms with Gasteiger partial charge in [0, 0.05) is 23.7 Å². The molecule has 1 unspecified atom stereocenters. The Bertz CT molecular complexity index is 646. The van der Waals surface area contributed by atoms with Crippen LogP contribution in [0.4, 0.5) is 0 Å². The van der Waals surface area contributed by atoms with Crippen LogP contribution < -0.4 is 0 Å². The van der Waals surface area contributed by atoms with Crippen LogP contribution in [0.2, 0.25) is 0 Å². The molecule has 1 aromatic rings. The highest BCUT2D eigenvalue weighted by Gasteiger charge is 2.58. The number of benzene rings is 1. The summed E-state index contributed by atoms with van der Waals surface area (Å²) in [6, 6.07) is 6.79. The average molecular weight is 319 g/mol. The first-order valence-electron chi connectivity index (χ1n) is 7.99. The average Bonchev–Trinajstić information content (AvgIpc) is 3.08. The third kappa shape index (κ3) is 2.13. The minimum atomic E-state index is -0.978. The Kier molecular flexibility index (Phi) is 3.29. The summed E-state index contributed by atoms with van der Waals surface area (Å²) in [4.78, 5) is 14.2. The number of carbonyl (C=O) groups excluding carboxylic acids is 1. The van der Waals surface area contributed by atoms with E-state index in [2.05, 4.69) is 0 Å². The van der Waals surface area contributed by atoms with Crippen LogP contribution >= 0.6 is 0 Å². The molecule has 2 N–H and O–H groups in total. The first-order valence-corrected chi connectivity index (χ1v) is 7.99. The smallest absolute Gasteiger partial charge is 0.256 e. The number of nitrogens with zero attached hydrogens (tertiary/aromatic N) is 1. The van der Waals surface area contributed by atoms with E-state index in [4.69, 9.17) is 9.47 Å². The highest BCUT2D eigenvalue weighted by Crippen LogP contribution is 2.46. The number of hydrogen-bond donors (Lipinski definition) is 2. The Morgan fingerprint density at radius 2 is 1.96 bits per heavy atom. The van der Waals surface area contributed by atoms with Crippen molar-refractivity contribution < 1.29 is 24.5 Å². The van der Waals surface area contributed by atoms with Gasteiger partial charge in [0.15, 0.2) is 12.0 Å². The summed E-state index contributed by atoms with van der Waals surface area (Å²) in [5.74, 6) is -1.04. The Hall–Kier alpha value is -1.47. The molecular formula is C17H21NO5. The van der Waals surface area contributed by atoms with Crippen LogP contribution in [0, 0.1) is 5.92 Å². The number of aliphatic hydroxyl groups is 2. The number of ether oxygens (including phenoxy) is 2. The highest BCUT2D eigenvalue weighted by atomic mass is 16.8. The maximum Gasteiger partial charge on any atom is 0.256 e. The van der Waals surface area contributed by atoms with Crippen LogP contribution in [0.15, 0.2) is 24.3 Å². The highest BCUT2D eigenvalue weighted by molar-refractivity contribution is 5.99. The standard InChI is InChI=1S/C17H21NO5/c1-17(2)22-13-9(8-19)7-12(14(13)23-17)18-15(20)10-5-3-4-6-11(10)16(18)21/h3-6,9,12-15,19-20H,7-8H2,1-2H3/t9-,12-,13-,14+,15?/m1/s1. The fourth-order valence-corrected chi connectivity index (χ4v) is 4.16. The zero-order valence-electron chi connectivity index (χ0n) is 13.2. The third-order valence-corrected chi connectivity index (χ3v) is 5.11. The summed E-state index contributed by atoms with van der Waals surface area (Å²) in [5.41, 5.74) is 1.15. The molecule has 1 saturated carbocycles. The molecule has 6 heteroatoms. The zero-order valence-corrected chi connectivity index (χ0v) is 13.2. The Labute approximate surface area is 134 Å². The second-order valence-electron chi connectivity index (χ2n) is 6.98. The van der Waals surface area contributed by atoms with Gasteiger partial charge < -0.3 is 24.6 Å². The van der Waals surface area contributed by atoms with E-state index in [1.54, 1.807) is 18.2 Å². The van der Waals surface area contributed by atoms with E-state index in [9.17, 15) is 15.0 Å². The molecule has 1 amide bonds. The molecule has 3 aliphatic rings. The van der Waals surface area contributed by atoms with Crippen molar-refractivity contribution in [2.45, 2.75) is 50.5 Å². The summed E-state index contributed by atoms with van der Waals surface area (Å²) in [5, 5.41) is 20.3. The minimum absolute atomic E-state index is 0.0256. The van der Waals surface area contributed by atoms with Gasteiger partial charge in [0.25, 0.3) is 5.91 Å². The Morgan fingerprint density at radius 1 is 1.26 bits per heavy atom. The van der Waals surface area contributed by atoms with E-state index in [0.717, 1.165) is 0 Å². The summed E-state index contributed by atoms with van der Waals surface area (Å²) in [6.45, 7) is 3.63. The van der Waals surface area contributed by atoms with Crippen molar-refractivity contribution in [2.24, 2.45) is 5.92 Å². The molecule has 4 rings (SSSR count). The molecule has 1 aromatic carbocycles. The normalized spacial score (nSPS) is 38.0. The molecule has 0 spiro atoms. The lowest BCUT2D eigenvalue weighted by Gasteiger charge is -2.32. The van der Waals surface area contributed by atoms with Gasteiger partial charge in [-0.2, -0.15) is 0 Å². The van der Waals surface area contributed by atoms with E-state index in [0.29, 0.717) is 17.5 Å². The number of rotatable bonds is 2. The minimum Gasteiger partial charge on any atom is -0.396 e. The van der Waals surface area contributed by atoms with Gasteiger partial charge in [0.1, 0.15) is 6.10 Å². The Morgan fingerprint density at radius 3 is 2.65 bits per heavy atom. The first kappa shape index (κ1) is 15.1. The fraction of sp³-hybridized carbons (Fsp3) is 0.588. The number of fused-ring (bicyclic) bond motifs is 2. The SMILES string of the molecule is CC1(C)O[C@@H]2[C@@H](CO)C[C@@H](N3C(=O)c4ccccc4C3O)[C@@H]2O1. The van der Waals surface area contributed by atoms with Gasteiger partial charge >= 0.3 is 0 Å². The van der Waals surface area contributed by atoms with Crippen molar-refractivity contribution in [2.75, 3.05) is 6.61 Å². The molecule has 0 radical (unpaired) electrons. The van der Waals surface area contributed by atoms with E-state index >= 15 is 0 Å². The predicted molar refractivity (Wildman–Crippen MR) is 80.4 cm³/mol. The maximum absolute atomic E-state index is 12.7. The first-order chi connectivity index (χ1) is 10.9. The van der Waals surface area contributed by atoms with Crippen LogP contribution in [0.3, 0.4) is 0 Å². The number of amides is 1. The molecule has 1 aliphatic carbocycles. The van der Waals surface area contributed by atoms with Crippen LogP contribution in [0.1, 0.15) is 42.4 Å². The Balaban J connectivity index is 1.68. The van der Waals surface area contributed by atoms with E-state index < -0.39 is 12.0 Å². The molecule has 0 bridgehead atoms. The van der Waals surface area contributed by atoms with Gasteiger partial charge in [-0.25, -0.2) is 0 Å². The van der Waals surface area contributed by atoms with Crippen LogP contribution in [-0.4, -0.2) is 51.7 Å². The van der Waals surface area contributed by atoms with E-state index in [1.807, 2.05) is 19.9 Å². The lowest BCUT2D eigenvalue weighted by Crippen LogP contribution is -2.45. The zero-order chi connectivity index (χ0) is 16.4. The molecular weight excluding hydrogens is 298 g/mol. The van der Waals surface area contributed by atoms with Gasteiger partial charge in [-0.15, -0.1) is 0 Å². The molecule has 1 saturated heterocycles. The van der Waals surface area contributed by atoms with Crippen molar-refractivity contribution in [1.29, 1.82) is 0 Å². The van der Waals surface area contributed by atoms with Crippen molar-refractivity contribution in [1.82, 2.24) is 4.90 Å². The predicted octanol–water partition coefficient (Wildman–Crippen LogP) is 1.03. The van der Waals surface area contributed by atoms with Gasteiger partial charge in [-0.3, -0.25) is 4.79 Å². The van der Waals surface area contributed by atoms with Gasteiger partial charge in [0.05, 0.1) is 12.1 Å². The van der Waals surface area contributed by atoms with Crippen molar-refractivity contribution in [3.8, 4) is 0 Å². The van der Waals surface area contributed by atoms with Crippen LogP contribution in [-0.2, 0) is 9.47 Å². The number of hydrogen-bond acceptors (Lipinski definition) is 5. The molecule has 2 heterocycles. The summed E-state index contributed by atoms with van der Waals surface area (Å²) < 4.78 is 11.9. The topological polar surface area (TPSA) is 79.2 Å². The summed E-state index contributed by atoms with van der Waals surface area (Å²) >= 11 is 0. The molecule has 0 aromatic heterocycles. The maximum atomic E-state index is 12.7. The van der Waals surface area contributed by atoms with E-state index in [-0.39, 0.29) is 36.7 Å².